The second kappa shape index (κ2) is 11.0. The van der Waals surface area contributed by atoms with Crippen molar-refractivity contribution in [1.82, 2.24) is 0 Å². The highest BCUT2D eigenvalue weighted by Gasteiger charge is 2.94. The zero-order chi connectivity index (χ0) is 37.6. The molecular formula is C37H48O15. The molecule has 3 saturated carbocycles. The van der Waals surface area contributed by atoms with Crippen molar-refractivity contribution in [2.24, 2.45) is 34.0 Å². The van der Waals surface area contributed by atoms with Crippen LogP contribution in [0, 0.1) is 34.0 Å². The van der Waals surface area contributed by atoms with Crippen molar-refractivity contribution in [2.75, 3.05) is 27.4 Å². The molecule has 16 atom stereocenters. The lowest BCUT2D eigenvalue weighted by Crippen LogP contribution is -2.78. The third kappa shape index (κ3) is 3.77. The Kier molecular flexibility index (Phi) is 7.60. The maximum atomic E-state index is 14.3. The molecule has 0 aromatic heterocycles. The Labute approximate surface area is 301 Å². The molecule has 8 aliphatic rings. The number of aliphatic hydroxyl groups is 1. The standard InChI is InChI=1S/C37H48O15/c1-10-17(2)27(40)49-22-14-21(48-18(3)38)31(5)15-46-24-25(31)34(22)16-47-36(44-9,29(41)43-8)28(34)32(6)26(24)52-33(7)20-13-23(37(32,33)42)50-30-35(20,11-12-45-30)51-19(4)39/h10-12,20-26,28,30,42H,13-16H2,1-9H3/b17-10+/t20-,21-,22+,23+,24-,25+,26-,28+,30+,31-,32-,33-,34+,35+,36+,37+/m1/s1. The molecule has 0 unspecified atom stereocenters. The van der Waals surface area contributed by atoms with E-state index in [4.69, 9.17) is 47.4 Å². The second-order valence-electron chi connectivity index (χ2n) is 16.5. The number of carbonyl (C=O) groups excluding carboxylic acids is 4. The Balaban J connectivity index is 1.40. The summed E-state index contributed by atoms with van der Waals surface area (Å²) in [5.41, 5.74) is -8.33. The first kappa shape index (κ1) is 35.9. The number of rotatable bonds is 6. The Morgan fingerprint density at radius 1 is 0.962 bits per heavy atom. The van der Waals surface area contributed by atoms with Crippen molar-refractivity contribution in [1.29, 1.82) is 0 Å². The van der Waals surface area contributed by atoms with Crippen LogP contribution in [-0.4, -0.2) is 116 Å². The topological polar surface area (TPSA) is 181 Å². The van der Waals surface area contributed by atoms with Gasteiger partial charge in [-0.25, -0.2) is 9.59 Å². The minimum absolute atomic E-state index is 0.0440. The van der Waals surface area contributed by atoms with E-state index >= 15 is 0 Å². The lowest BCUT2D eigenvalue weighted by atomic mass is 9.37. The maximum Gasteiger partial charge on any atom is 0.366 e. The summed E-state index contributed by atoms with van der Waals surface area (Å²) in [5, 5.41) is 13.8. The molecule has 2 bridgehead atoms. The van der Waals surface area contributed by atoms with Crippen LogP contribution in [0.1, 0.15) is 61.3 Å². The van der Waals surface area contributed by atoms with E-state index in [0.29, 0.717) is 5.57 Å². The first-order chi connectivity index (χ1) is 24.4. The average molecular weight is 733 g/mol. The van der Waals surface area contributed by atoms with Gasteiger partial charge in [0.05, 0.1) is 44.9 Å². The molecule has 52 heavy (non-hydrogen) atoms. The predicted molar refractivity (Wildman–Crippen MR) is 172 cm³/mol. The van der Waals surface area contributed by atoms with Gasteiger partial charge in [0.25, 0.3) is 5.79 Å². The van der Waals surface area contributed by atoms with Gasteiger partial charge < -0.3 is 52.5 Å². The smallest absolute Gasteiger partial charge is 0.366 e. The first-order valence-corrected chi connectivity index (χ1v) is 17.9. The van der Waals surface area contributed by atoms with Crippen LogP contribution >= 0.6 is 0 Å². The normalized spacial score (nSPS) is 53.1. The fraction of sp³-hybridized carbons (Fsp3) is 0.784. The van der Waals surface area contributed by atoms with Gasteiger partial charge in [-0.05, 0) is 27.2 Å². The largest absolute Gasteiger partial charge is 0.468 e. The van der Waals surface area contributed by atoms with Gasteiger partial charge in [0.15, 0.2) is 0 Å². The number of allylic oxidation sites excluding steroid dienone is 1. The zero-order valence-corrected chi connectivity index (χ0v) is 30.9. The number of hydrogen-bond donors (Lipinski definition) is 1. The van der Waals surface area contributed by atoms with E-state index in [1.807, 2.05) is 13.8 Å². The molecule has 286 valence electrons. The van der Waals surface area contributed by atoms with E-state index in [2.05, 4.69) is 0 Å². The maximum absolute atomic E-state index is 14.3. The quantitative estimate of drug-likeness (QED) is 0.237. The molecule has 5 aliphatic heterocycles. The highest BCUT2D eigenvalue weighted by Crippen LogP contribution is 2.81. The summed E-state index contributed by atoms with van der Waals surface area (Å²) in [6.07, 6.45) is -0.704. The minimum Gasteiger partial charge on any atom is -0.468 e. The molecule has 15 heteroatoms. The summed E-state index contributed by atoms with van der Waals surface area (Å²) in [6, 6.07) is 0. The number of carbonyl (C=O) groups is 4. The van der Waals surface area contributed by atoms with Gasteiger partial charge in [0.2, 0.25) is 11.9 Å². The van der Waals surface area contributed by atoms with Crippen LogP contribution < -0.4 is 0 Å². The number of fused-ring (bicyclic) bond motifs is 11. The molecule has 0 amide bonds. The Bertz CT molecular complexity index is 1680. The Morgan fingerprint density at radius 2 is 1.69 bits per heavy atom. The third-order valence-electron chi connectivity index (χ3n) is 14.6. The van der Waals surface area contributed by atoms with Crippen LogP contribution in [0.5, 0.6) is 0 Å². The number of esters is 4. The summed E-state index contributed by atoms with van der Waals surface area (Å²) in [4.78, 5) is 53.3. The molecule has 0 aromatic rings. The SMILES string of the molecule is C/C=C(\C)C(=O)O[C@H]1C[C@@H](OC(C)=O)[C@@]2(C)CO[C@H]3[C@H]4O[C@]5(C)[C@H]6C[C@H](O[C@@H]7OC=C[C@@]76OC(C)=O)[C@]5(O)[C@@]4(C)[C@@H]4[C@@](OC)(C(=O)OC)OC[C@@]14[C@@H]32. The van der Waals surface area contributed by atoms with Crippen molar-refractivity contribution < 1.29 is 71.7 Å². The Hall–Kier alpha value is -3.08. The summed E-state index contributed by atoms with van der Waals surface area (Å²) in [7, 11) is 2.56. The molecule has 0 aromatic carbocycles. The van der Waals surface area contributed by atoms with Gasteiger partial charge >= 0.3 is 23.9 Å². The van der Waals surface area contributed by atoms with Crippen molar-refractivity contribution >= 4 is 23.9 Å². The van der Waals surface area contributed by atoms with E-state index in [-0.39, 0.29) is 26.1 Å². The summed E-state index contributed by atoms with van der Waals surface area (Å²) >= 11 is 0. The van der Waals surface area contributed by atoms with Crippen LogP contribution in [0.25, 0.3) is 0 Å². The van der Waals surface area contributed by atoms with Crippen LogP contribution in [0.2, 0.25) is 0 Å². The monoisotopic (exact) mass is 732 g/mol. The van der Waals surface area contributed by atoms with Crippen molar-refractivity contribution in [3.8, 4) is 0 Å². The highest BCUT2D eigenvalue weighted by atomic mass is 16.7. The molecule has 8 rings (SSSR count). The van der Waals surface area contributed by atoms with Crippen LogP contribution in [0.4, 0.5) is 0 Å². The van der Waals surface area contributed by atoms with Gasteiger partial charge in [-0.15, -0.1) is 0 Å². The molecule has 4 saturated heterocycles. The van der Waals surface area contributed by atoms with E-state index in [1.165, 1.54) is 34.3 Å². The van der Waals surface area contributed by atoms with E-state index in [1.54, 1.807) is 32.9 Å². The van der Waals surface area contributed by atoms with Gasteiger partial charge in [-0.2, -0.15) is 0 Å². The lowest BCUT2D eigenvalue weighted by Gasteiger charge is -2.66. The fourth-order valence-electron chi connectivity index (χ4n) is 12.7. The summed E-state index contributed by atoms with van der Waals surface area (Å²) in [5.74, 6) is -7.17. The molecule has 7 fully saturated rings. The summed E-state index contributed by atoms with van der Waals surface area (Å²) < 4.78 is 63.1. The van der Waals surface area contributed by atoms with E-state index in [9.17, 15) is 24.3 Å². The summed E-state index contributed by atoms with van der Waals surface area (Å²) in [6.45, 7) is 11.5. The molecule has 5 heterocycles. The number of ether oxygens (including phenoxy) is 10. The number of hydrogen-bond acceptors (Lipinski definition) is 15. The van der Waals surface area contributed by atoms with Crippen molar-refractivity contribution in [3.05, 3.63) is 24.0 Å². The van der Waals surface area contributed by atoms with Crippen molar-refractivity contribution in [3.63, 3.8) is 0 Å². The number of methoxy groups -OCH3 is 2. The van der Waals surface area contributed by atoms with Crippen LogP contribution in [0.3, 0.4) is 0 Å². The van der Waals surface area contributed by atoms with E-state index < -0.39 is 117 Å². The van der Waals surface area contributed by atoms with E-state index in [0.717, 1.165) is 0 Å². The first-order valence-electron chi connectivity index (χ1n) is 17.9. The molecular weight excluding hydrogens is 684 g/mol. The van der Waals surface area contributed by atoms with Crippen LogP contribution in [0.15, 0.2) is 24.0 Å². The second-order valence-corrected chi connectivity index (χ2v) is 16.5. The lowest BCUT2D eigenvalue weighted by molar-refractivity contribution is -0.318. The van der Waals surface area contributed by atoms with Crippen LogP contribution in [-0.2, 0) is 66.5 Å². The van der Waals surface area contributed by atoms with Gasteiger partial charge in [0.1, 0.15) is 23.4 Å². The molecule has 0 radical (unpaired) electrons. The average Bonchev–Trinajstić information content (AvgIpc) is 3.86. The minimum atomic E-state index is -2.15. The fourth-order valence-corrected chi connectivity index (χ4v) is 12.7. The van der Waals surface area contributed by atoms with Gasteiger partial charge in [-0.1, -0.05) is 19.9 Å². The molecule has 15 nitrogen and oxygen atoms in total. The zero-order valence-electron chi connectivity index (χ0n) is 30.9. The molecule has 1 spiro atoms. The van der Waals surface area contributed by atoms with Crippen molar-refractivity contribution in [2.45, 2.75) is 121 Å². The Morgan fingerprint density at radius 3 is 2.33 bits per heavy atom. The van der Waals surface area contributed by atoms with Gasteiger partial charge in [-0.3, -0.25) is 9.59 Å². The molecule has 3 aliphatic carbocycles. The molecule has 1 N–H and O–H groups in total. The highest BCUT2D eigenvalue weighted by molar-refractivity contribution is 5.88. The van der Waals surface area contributed by atoms with Gasteiger partial charge in [0, 0.05) is 73.0 Å². The predicted octanol–water partition coefficient (Wildman–Crippen LogP) is 1.87. The third-order valence-corrected chi connectivity index (χ3v) is 14.6.